The minimum Gasteiger partial charge on any atom is -0.383 e. The quantitative estimate of drug-likeness (QED) is 0.439. The SMILES string of the molecule is CN1CCN(Cc2cccc(NC(=O)c3cc(N)n(-c4ncc5c(n4)-c4ccccc4CC5)n3)c2)CC1. The molecule has 0 radical (unpaired) electrons. The summed E-state index contributed by atoms with van der Waals surface area (Å²) >= 11 is 0. The third kappa shape index (κ3) is 4.83. The summed E-state index contributed by atoms with van der Waals surface area (Å²) in [6.07, 6.45) is 3.69. The van der Waals surface area contributed by atoms with E-state index in [9.17, 15) is 4.79 Å². The van der Waals surface area contributed by atoms with E-state index < -0.39 is 0 Å². The monoisotopic (exact) mass is 494 g/mol. The maximum atomic E-state index is 13.0. The molecule has 4 aromatic rings. The van der Waals surface area contributed by atoms with Crippen molar-refractivity contribution in [2.75, 3.05) is 44.3 Å². The molecule has 0 bridgehead atoms. The largest absolute Gasteiger partial charge is 0.383 e. The van der Waals surface area contributed by atoms with Crippen LogP contribution in [0.5, 0.6) is 0 Å². The lowest BCUT2D eigenvalue weighted by Crippen LogP contribution is -2.43. The normalized spacial score (nSPS) is 15.7. The van der Waals surface area contributed by atoms with E-state index in [1.54, 1.807) is 6.07 Å². The number of rotatable bonds is 5. The Bertz CT molecular complexity index is 1450. The predicted octanol–water partition coefficient (Wildman–Crippen LogP) is 3.01. The Morgan fingerprint density at radius 2 is 1.81 bits per heavy atom. The predicted molar refractivity (Wildman–Crippen MR) is 144 cm³/mol. The zero-order valence-corrected chi connectivity index (χ0v) is 20.9. The molecule has 0 atom stereocenters. The van der Waals surface area contributed by atoms with Crippen LogP contribution in [-0.4, -0.2) is 68.7 Å². The first-order chi connectivity index (χ1) is 18.0. The molecule has 0 saturated carbocycles. The molecule has 2 aromatic heterocycles. The summed E-state index contributed by atoms with van der Waals surface area (Å²) in [6.45, 7) is 5.08. The molecule has 3 N–H and O–H groups in total. The fourth-order valence-corrected chi connectivity index (χ4v) is 5.03. The average molecular weight is 495 g/mol. The lowest BCUT2D eigenvalue weighted by atomic mass is 9.90. The molecule has 9 nitrogen and oxygen atoms in total. The van der Waals surface area contributed by atoms with Crippen LogP contribution in [0.4, 0.5) is 11.5 Å². The number of hydrogen-bond donors (Lipinski definition) is 2. The van der Waals surface area contributed by atoms with Gasteiger partial charge >= 0.3 is 0 Å². The van der Waals surface area contributed by atoms with Gasteiger partial charge in [0.05, 0.1) is 5.69 Å². The first-order valence-corrected chi connectivity index (χ1v) is 12.6. The molecule has 1 saturated heterocycles. The number of nitrogens with one attached hydrogen (secondary N) is 1. The van der Waals surface area contributed by atoms with Crippen molar-refractivity contribution in [1.82, 2.24) is 29.5 Å². The van der Waals surface area contributed by atoms with E-state index in [2.05, 4.69) is 50.4 Å². The fraction of sp³-hybridized carbons (Fsp3) is 0.286. The Hall–Kier alpha value is -4.08. The summed E-state index contributed by atoms with van der Waals surface area (Å²) in [5, 5.41) is 7.41. The lowest BCUT2D eigenvalue weighted by Gasteiger charge is -2.32. The minimum absolute atomic E-state index is 0.212. The molecule has 3 heterocycles. The van der Waals surface area contributed by atoms with Gasteiger partial charge in [0.1, 0.15) is 5.82 Å². The van der Waals surface area contributed by atoms with Crippen molar-refractivity contribution in [2.24, 2.45) is 0 Å². The highest BCUT2D eigenvalue weighted by atomic mass is 16.2. The number of carbonyl (C=O) groups excluding carboxylic acids is 1. The number of benzene rings is 2. The molecule has 188 valence electrons. The second-order valence-corrected chi connectivity index (χ2v) is 9.80. The average Bonchev–Trinajstić information content (AvgIpc) is 3.31. The van der Waals surface area contributed by atoms with Gasteiger partial charge in [-0.05, 0) is 48.7 Å². The van der Waals surface area contributed by atoms with Gasteiger partial charge in [-0.1, -0.05) is 36.4 Å². The van der Waals surface area contributed by atoms with Gasteiger partial charge < -0.3 is 16.0 Å². The molecule has 2 aliphatic rings. The molecule has 37 heavy (non-hydrogen) atoms. The zero-order chi connectivity index (χ0) is 25.4. The van der Waals surface area contributed by atoms with Crippen LogP contribution in [0.2, 0.25) is 0 Å². The number of likely N-dealkylation sites (N-methyl/N-ethyl adjacent to an activating group) is 1. The minimum atomic E-state index is -0.328. The number of carbonyl (C=O) groups is 1. The highest BCUT2D eigenvalue weighted by molar-refractivity contribution is 6.03. The summed E-state index contributed by atoms with van der Waals surface area (Å²) in [6, 6.07) is 17.8. The van der Waals surface area contributed by atoms with Crippen molar-refractivity contribution in [3.05, 3.63) is 83.2 Å². The Labute approximate surface area is 215 Å². The molecule has 9 heteroatoms. The molecule has 1 aliphatic heterocycles. The van der Waals surface area contributed by atoms with Gasteiger partial charge in [0.25, 0.3) is 11.9 Å². The van der Waals surface area contributed by atoms with Crippen molar-refractivity contribution < 1.29 is 4.79 Å². The lowest BCUT2D eigenvalue weighted by molar-refractivity contribution is 0.102. The van der Waals surface area contributed by atoms with E-state index in [-0.39, 0.29) is 11.6 Å². The maximum Gasteiger partial charge on any atom is 0.276 e. The van der Waals surface area contributed by atoms with Crippen LogP contribution in [0, 0.1) is 0 Å². The van der Waals surface area contributed by atoms with E-state index in [0.29, 0.717) is 11.8 Å². The Morgan fingerprint density at radius 1 is 1.00 bits per heavy atom. The van der Waals surface area contributed by atoms with Gasteiger partial charge in [-0.3, -0.25) is 9.69 Å². The molecule has 0 spiro atoms. The van der Waals surface area contributed by atoms with Crippen molar-refractivity contribution in [1.29, 1.82) is 0 Å². The molecule has 1 aliphatic carbocycles. The first-order valence-electron chi connectivity index (χ1n) is 12.6. The fourth-order valence-electron chi connectivity index (χ4n) is 5.03. The van der Waals surface area contributed by atoms with Crippen molar-refractivity contribution >= 4 is 17.4 Å². The molecule has 1 fully saturated rings. The van der Waals surface area contributed by atoms with E-state index in [4.69, 9.17) is 10.7 Å². The van der Waals surface area contributed by atoms with Crippen LogP contribution >= 0.6 is 0 Å². The van der Waals surface area contributed by atoms with Crippen LogP contribution < -0.4 is 11.1 Å². The molecule has 2 aromatic carbocycles. The third-order valence-electron chi connectivity index (χ3n) is 7.13. The van der Waals surface area contributed by atoms with Crippen molar-refractivity contribution in [2.45, 2.75) is 19.4 Å². The standard InChI is InChI=1S/C28H30N8O/c1-34-11-13-35(14-12-34)18-19-5-4-7-22(15-19)31-27(37)24-16-25(29)36(33-24)28-30-17-21-10-9-20-6-2-3-8-23(20)26(21)32-28/h2-8,15-17H,9-14,18,29H2,1H3,(H,31,37). The Morgan fingerprint density at radius 3 is 2.68 bits per heavy atom. The summed E-state index contributed by atoms with van der Waals surface area (Å²) in [5.41, 5.74) is 12.7. The summed E-state index contributed by atoms with van der Waals surface area (Å²) < 4.78 is 1.43. The van der Waals surface area contributed by atoms with Gasteiger partial charge in [0.15, 0.2) is 5.69 Å². The molecule has 6 rings (SSSR count). The van der Waals surface area contributed by atoms with Gasteiger partial charge in [0.2, 0.25) is 0 Å². The summed E-state index contributed by atoms with van der Waals surface area (Å²) in [5.74, 6) is 0.324. The number of nitrogen functional groups attached to an aromatic ring is 1. The molecule has 0 unspecified atom stereocenters. The first kappa shape index (κ1) is 23.3. The number of aryl methyl sites for hydroxylation is 2. The topological polar surface area (TPSA) is 105 Å². The molecular weight excluding hydrogens is 464 g/mol. The summed E-state index contributed by atoms with van der Waals surface area (Å²) in [4.78, 5) is 27.1. The second-order valence-electron chi connectivity index (χ2n) is 9.80. The number of aromatic nitrogens is 4. The number of nitrogens with zero attached hydrogens (tertiary/aromatic N) is 6. The Kier molecular flexibility index (Phi) is 6.15. The number of anilines is 2. The number of amides is 1. The second kappa shape index (κ2) is 9.76. The summed E-state index contributed by atoms with van der Waals surface area (Å²) in [7, 11) is 2.15. The highest BCUT2D eigenvalue weighted by Crippen LogP contribution is 2.32. The zero-order valence-electron chi connectivity index (χ0n) is 20.9. The smallest absolute Gasteiger partial charge is 0.276 e. The van der Waals surface area contributed by atoms with E-state index in [1.165, 1.54) is 10.2 Å². The number of hydrogen-bond acceptors (Lipinski definition) is 7. The van der Waals surface area contributed by atoms with Crippen LogP contribution in [-0.2, 0) is 19.4 Å². The van der Waals surface area contributed by atoms with E-state index in [1.807, 2.05) is 36.5 Å². The number of fused-ring (bicyclic) bond motifs is 3. The van der Waals surface area contributed by atoms with Crippen LogP contribution in [0.3, 0.4) is 0 Å². The Balaban J connectivity index is 1.19. The van der Waals surface area contributed by atoms with E-state index in [0.717, 1.165) is 73.6 Å². The van der Waals surface area contributed by atoms with Gasteiger partial charge in [0, 0.05) is 56.2 Å². The van der Waals surface area contributed by atoms with Crippen LogP contribution in [0.15, 0.2) is 60.8 Å². The van der Waals surface area contributed by atoms with Gasteiger partial charge in [-0.2, -0.15) is 9.78 Å². The number of piperazine rings is 1. The van der Waals surface area contributed by atoms with Crippen molar-refractivity contribution in [3.63, 3.8) is 0 Å². The number of nitrogens with two attached hydrogens (primary N) is 1. The highest BCUT2D eigenvalue weighted by Gasteiger charge is 2.21. The maximum absolute atomic E-state index is 13.0. The third-order valence-corrected chi connectivity index (χ3v) is 7.13. The van der Waals surface area contributed by atoms with Crippen LogP contribution in [0.1, 0.15) is 27.2 Å². The van der Waals surface area contributed by atoms with Crippen molar-refractivity contribution in [3.8, 4) is 17.2 Å². The van der Waals surface area contributed by atoms with Gasteiger partial charge in [-0.25, -0.2) is 9.97 Å². The van der Waals surface area contributed by atoms with E-state index >= 15 is 0 Å². The van der Waals surface area contributed by atoms with Gasteiger partial charge in [-0.15, -0.1) is 0 Å². The molecular formula is C28H30N8O. The molecule has 1 amide bonds. The van der Waals surface area contributed by atoms with Crippen LogP contribution in [0.25, 0.3) is 17.2 Å².